The lowest BCUT2D eigenvalue weighted by Gasteiger charge is -2.18. The number of nitrogens with one attached hydrogen (secondary N) is 2. The molecule has 1 atom stereocenters. The topological polar surface area (TPSA) is 36.4 Å². The summed E-state index contributed by atoms with van der Waals surface area (Å²) in [5, 5.41) is 6.65. The molecule has 0 aromatic carbocycles. The summed E-state index contributed by atoms with van der Waals surface area (Å²) >= 11 is 0. The zero-order chi connectivity index (χ0) is 11.7. The summed E-state index contributed by atoms with van der Waals surface area (Å²) in [6.45, 7) is 12.6. The van der Waals surface area contributed by atoms with E-state index in [-0.39, 0.29) is 0 Å². The van der Waals surface area contributed by atoms with E-state index in [1.165, 1.54) is 12.8 Å². The molecule has 0 radical (unpaired) electrons. The van der Waals surface area contributed by atoms with Gasteiger partial charge in [0.25, 0.3) is 0 Å². The Hall–Kier alpha value is -0.730. The molecule has 3 nitrogen and oxygen atoms in total. The number of hydrogen-bond acceptors (Lipinski definition) is 1. The third kappa shape index (κ3) is 8.28. The van der Waals surface area contributed by atoms with Gasteiger partial charge in [-0.2, -0.15) is 0 Å². The largest absolute Gasteiger partial charge is 0.357 e. The minimum atomic E-state index is 0.497. The Labute approximate surface area is 94.7 Å². The lowest BCUT2D eigenvalue weighted by atomic mass is 10.0. The average Bonchev–Trinajstić information content (AvgIpc) is 2.15. The van der Waals surface area contributed by atoms with E-state index in [4.69, 9.17) is 0 Å². The Kier molecular flexibility index (Phi) is 8.15. The fourth-order valence-electron chi connectivity index (χ4n) is 1.37. The van der Waals surface area contributed by atoms with E-state index in [0.717, 1.165) is 25.0 Å². The predicted octanol–water partition coefficient (Wildman–Crippen LogP) is 2.39. The van der Waals surface area contributed by atoms with Crippen LogP contribution < -0.4 is 10.6 Å². The summed E-state index contributed by atoms with van der Waals surface area (Å²) in [6.07, 6.45) is 2.46. The Morgan fingerprint density at radius 1 is 1.13 bits per heavy atom. The van der Waals surface area contributed by atoms with E-state index in [2.05, 4.69) is 50.2 Å². The first-order valence-corrected chi connectivity index (χ1v) is 6.14. The van der Waals surface area contributed by atoms with Crippen LogP contribution >= 0.6 is 0 Å². The van der Waals surface area contributed by atoms with Crippen molar-refractivity contribution in [2.45, 2.75) is 53.5 Å². The van der Waals surface area contributed by atoms with Gasteiger partial charge in [0.15, 0.2) is 5.96 Å². The van der Waals surface area contributed by atoms with Gasteiger partial charge >= 0.3 is 0 Å². The molecule has 1 unspecified atom stereocenters. The summed E-state index contributed by atoms with van der Waals surface area (Å²) in [4.78, 5) is 4.38. The highest BCUT2D eigenvalue weighted by Crippen LogP contribution is 2.06. The quantitative estimate of drug-likeness (QED) is 0.525. The van der Waals surface area contributed by atoms with Crippen LogP contribution in [-0.4, -0.2) is 25.1 Å². The van der Waals surface area contributed by atoms with E-state index >= 15 is 0 Å². The molecule has 0 rings (SSSR count). The molecule has 0 aliphatic rings. The number of hydrogen-bond donors (Lipinski definition) is 2. The average molecular weight is 213 g/mol. The maximum atomic E-state index is 4.38. The normalized spacial score (nSPS) is 14.1. The molecule has 0 aromatic rings. The number of aliphatic imine (C=N–C) groups is 1. The second-order valence-electron chi connectivity index (χ2n) is 4.37. The molecule has 0 saturated carbocycles. The number of rotatable bonds is 6. The predicted molar refractivity (Wildman–Crippen MR) is 68.3 cm³/mol. The number of nitrogens with zero attached hydrogens (tertiary/aromatic N) is 1. The van der Waals surface area contributed by atoms with Crippen LogP contribution in [0.5, 0.6) is 0 Å². The van der Waals surface area contributed by atoms with E-state index in [1.54, 1.807) is 0 Å². The van der Waals surface area contributed by atoms with Gasteiger partial charge in [0.1, 0.15) is 0 Å². The molecule has 0 fully saturated rings. The van der Waals surface area contributed by atoms with Crippen LogP contribution in [0.1, 0.15) is 47.5 Å². The summed E-state index contributed by atoms with van der Waals surface area (Å²) in [6, 6.07) is 0.497. The van der Waals surface area contributed by atoms with Crippen LogP contribution in [-0.2, 0) is 0 Å². The molecule has 0 aromatic heterocycles. The zero-order valence-electron chi connectivity index (χ0n) is 10.9. The second-order valence-corrected chi connectivity index (χ2v) is 4.37. The third-order valence-electron chi connectivity index (χ3n) is 2.22. The van der Waals surface area contributed by atoms with Crippen molar-refractivity contribution < 1.29 is 0 Å². The standard InChI is InChI=1S/C12H27N3/c1-6-13-12(14-7-2)15-11(5)9-8-10(3)4/h10-11H,6-9H2,1-5H3,(H2,13,14,15). The van der Waals surface area contributed by atoms with Crippen molar-refractivity contribution in [1.82, 2.24) is 10.6 Å². The Bertz CT molecular complexity index is 176. The Balaban J connectivity index is 3.88. The van der Waals surface area contributed by atoms with Gasteiger partial charge in [-0.25, -0.2) is 0 Å². The molecule has 15 heavy (non-hydrogen) atoms. The van der Waals surface area contributed by atoms with Crippen LogP contribution in [0, 0.1) is 5.92 Å². The van der Waals surface area contributed by atoms with E-state index in [9.17, 15) is 0 Å². The minimum absolute atomic E-state index is 0.497. The fraction of sp³-hybridized carbons (Fsp3) is 0.917. The van der Waals surface area contributed by atoms with Crippen LogP contribution in [0.15, 0.2) is 4.99 Å². The van der Waals surface area contributed by atoms with Gasteiger partial charge in [0, 0.05) is 19.1 Å². The molecule has 0 heterocycles. The Morgan fingerprint density at radius 2 is 1.80 bits per heavy atom. The van der Waals surface area contributed by atoms with Crippen LogP contribution in [0.3, 0.4) is 0 Å². The first-order chi connectivity index (χ1) is 7.10. The molecule has 3 heteroatoms. The van der Waals surface area contributed by atoms with Gasteiger partial charge in [-0.15, -0.1) is 0 Å². The van der Waals surface area contributed by atoms with E-state index in [0.29, 0.717) is 6.04 Å². The lowest BCUT2D eigenvalue weighted by Crippen LogP contribution is -2.42. The van der Waals surface area contributed by atoms with Gasteiger partial charge in [-0.1, -0.05) is 13.8 Å². The van der Waals surface area contributed by atoms with Crippen LogP contribution in [0.2, 0.25) is 0 Å². The van der Waals surface area contributed by atoms with Crippen LogP contribution in [0.25, 0.3) is 0 Å². The van der Waals surface area contributed by atoms with Crippen molar-refractivity contribution in [3.63, 3.8) is 0 Å². The monoisotopic (exact) mass is 213 g/mol. The van der Waals surface area contributed by atoms with Crippen molar-refractivity contribution in [3.05, 3.63) is 0 Å². The smallest absolute Gasteiger partial charge is 0.191 e. The van der Waals surface area contributed by atoms with E-state index in [1.807, 2.05) is 0 Å². The molecule has 90 valence electrons. The Morgan fingerprint density at radius 3 is 2.27 bits per heavy atom. The second kappa shape index (κ2) is 8.57. The summed E-state index contributed by atoms with van der Waals surface area (Å²) in [7, 11) is 0. The number of guanidine groups is 1. The van der Waals surface area contributed by atoms with Crippen molar-refractivity contribution >= 4 is 5.96 Å². The molecule has 2 N–H and O–H groups in total. The first kappa shape index (κ1) is 14.3. The summed E-state index contributed by atoms with van der Waals surface area (Å²) in [5.74, 6) is 1.72. The third-order valence-corrected chi connectivity index (χ3v) is 2.22. The molecule has 0 aliphatic carbocycles. The van der Waals surface area contributed by atoms with Crippen molar-refractivity contribution in [2.75, 3.05) is 13.1 Å². The molecule has 0 aliphatic heterocycles. The van der Waals surface area contributed by atoms with Gasteiger partial charge in [0.05, 0.1) is 0 Å². The highest BCUT2D eigenvalue weighted by atomic mass is 15.2. The maximum Gasteiger partial charge on any atom is 0.191 e. The molecular formula is C12H27N3. The zero-order valence-corrected chi connectivity index (χ0v) is 10.9. The summed E-state index contributed by atoms with van der Waals surface area (Å²) in [5.41, 5.74) is 0. The summed E-state index contributed by atoms with van der Waals surface area (Å²) < 4.78 is 0. The van der Waals surface area contributed by atoms with E-state index < -0.39 is 0 Å². The van der Waals surface area contributed by atoms with Gasteiger partial charge < -0.3 is 10.6 Å². The van der Waals surface area contributed by atoms with Crippen molar-refractivity contribution in [1.29, 1.82) is 0 Å². The fourth-order valence-corrected chi connectivity index (χ4v) is 1.37. The first-order valence-electron chi connectivity index (χ1n) is 6.14. The lowest BCUT2D eigenvalue weighted by molar-refractivity contribution is 0.489. The molecule has 0 bridgehead atoms. The molecular weight excluding hydrogens is 186 g/mol. The highest BCUT2D eigenvalue weighted by molar-refractivity contribution is 5.79. The highest BCUT2D eigenvalue weighted by Gasteiger charge is 2.05. The van der Waals surface area contributed by atoms with Gasteiger partial charge in [-0.05, 0) is 39.5 Å². The molecule has 0 spiro atoms. The maximum absolute atomic E-state index is 4.38. The minimum Gasteiger partial charge on any atom is -0.357 e. The molecule has 0 saturated heterocycles. The van der Waals surface area contributed by atoms with Gasteiger partial charge in [0.2, 0.25) is 0 Å². The van der Waals surface area contributed by atoms with Crippen molar-refractivity contribution in [2.24, 2.45) is 10.9 Å². The SMILES string of the molecule is CCN=C(NCC)NC(C)CCC(C)C. The van der Waals surface area contributed by atoms with Crippen LogP contribution in [0.4, 0.5) is 0 Å². The van der Waals surface area contributed by atoms with Gasteiger partial charge in [-0.3, -0.25) is 4.99 Å². The van der Waals surface area contributed by atoms with Crippen molar-refractivity contribution in [3.8, 4) is 0 Å². The molecule has 0 amide bonds.